The molecule has 1 aromatic rings. The Labute approximate surface area is 119 Å². The van der Waals surface area contributed by atoms with Crippen LogP contribution in [-0.4, -0.2) is 51.0 Å². The standard InChI is InChI=1S/C11H13ClN4O2S/c12-10-14-7-2-4-19-8(7)9(15-10)13-6-1-3-16(5-6)11(17)18/h6H,1-5H2,(H,17,18)(H,13,14,15)/t6-/m0/s1. The lowest BCUT2D eigenvalue weighted by atomic mass is 10.2. The molecule has 1 amide bonds. The maximum absolute atomic E-state index is 10.9. The van der Waals surface area contributed by atoms with Gasteiger partial charge in [-0.25, -0.2) is 9.78 Å². The van der Waals surface area contributed by atoms with Crippen LogP contribution in [0.25, 0.3) is 0 Å². The Hall–Kier alpha value is -1.21. The number of hydrogen-bond acceptors (Lipinski definition) is 5. The second kappa shape index (κ2) is 5.05. The number of halogens is 1. The van der Waals surface area contributed by atoms with Gasteiger partial charge in [0, 0.05) is 31.3 Å². The van der Waals surface area contributed by atoms with Crippen molar-refractivity contribution in [3.63, 3.8) is 0 Å². The maximum Gasteiger partial charge on any atom is 0.407 e. The summed E-state index contributed by atoms with van der Waals surface area (Å²) in [5.41, 5.74) is 0.987. The fourth-order valence-electron chi connectivity index (χ4n) is 2.38. The summed E-state index contributed by atoms with van der Waals surface area (Å²) in [5.74, 6) is 1.74. The first kappa shape index (κ1) is 12.8. The van der Waals surface area contributed by atoms with E-state index >= 15 is 0 Å². The van der Waals surface area contributed by atoms with Gasteiger partial charge < -0.3 is 15.3 Å². The second-order valence-corrected chi connectivity index (χ2v) is 6.02. The SMILES string of the molecule is O=C(O)N1CC[C@H](Nc2nc(Cl)nc3c2SCC3)C1. The molecule has 3 rings (SSSR count). The number of carbonyl (C=O) groups is 1. The van der Waals surface area contributed by atoms with Crippen LogP contribution in [0.5, 0.6) is 0 Å². The molecule has 0 radical (unpaired) electrons. The molecule has 0 spiro atoms. The van der Waals surface area contributed by atoms with Crippen molar-refractivity contribution in [2.45, 2.75) is 23.8 Å². The highest BCUT2D eigenvalue weighted by Gasteiger charge is 2.28. The minimum atomic E-state index is -0.871. The van der Waals surface area contributed by atoms with Crippen LogP contribution >= 0.6 is 23.4 Å². The number of thioether (sulfide) groups is 1. The molecule has 2 aliphatic rings. The minimum absolute atomic E-state index is 0.0902. The molecule has 6 nitrogen and oxygen atoms in total. The monoisotopic (exact) mass is 300 g/mol. The van der Waals surface area contributed by atoms with Gasteiger partial charge in [0.25, 0.3) is 0 Å². The number of nitrogens with zero attached hydrogens (tertiary/aromatic N) is 3. The lowest BCUT2D eigenvalue weighted by Crippen LogP contribution is -2.30. The number of hydrogen-bond donors (Lipinski definition) is 2. The first-order chi connectivity index (χ1) is 9.13. The minimum Gasteiger partial charge on any atom is -0.465 e. The smallest absolute Gasteiger partial charge is 0.407 e. The summed E-state index contributed by atoms with van der Waals surface area (Å²) < 4.78 is 0. The molecule has 2 N–H and O–H groups in total. The van der Waals surface area contributed by atoms with Crippen molar-refractivity contribution in [2.24, 2.45) is 0 Å². The molecule has 0 unspecified atom stereocenters. The summed E-state index contributed by atoms with van der Waals surface area (Å²) in [7, 11) is 0. The molecule has 2 aliphatic heterocycles. The summed E-state index contributed by atoms with van der Waals surface area (Å²) in [6.45, 7) is 1.04. The Morgan fingerprint density at radius 1 is 1.53 bits per heavy atom. The molecule has 19 heavy (non-hydrogen) atoms. The lowest BCUT2D eigenvalue weighted by molar-refractivity contribution is 0.155. The highest BCUT2D eigenvalue weighted by molar-refractivity contribution is 7.99. The molecule has 8 heteroatoms. The van der Waals surface area contributed by atoms with Crippen molar-refractivity contribution < 1.29 is 9.90 Å². The van der Waals surface area contributed by atoms with Crippen LogP contribution in [0.2, 0.25) is 5.28 Å². The maximum atomic E-state index is 10.9. The van der Waals surface area contributed by atoms with Crippen LogP contribution in [0.3, 0.4) is 0 Å². The van der Waals surface area contributed by atoms with Crippen molar-refractivity contribution >= 4 is 35.3 Å². The van der Waals surface area contributed by atoms with Gasteiger partial charge in [0.15, 0.2) is 0 Å². The predicted octanol–water partition coefficient (Wildman–Crippen LogP) is 1.94. The Balaban J connectivity index is 1.76. The van der Waals surface area contributed by atoms with Gasteiger partial charge in [-0.3, -0.25) is 0 Å². The van der Waals surface area contributed by atoms with E-state index in [1.807, 2.05) is 0 Å². The Bertz CT molecular complexity index is 528. The summed E-state index contributed by atoms with van der Waals surface area (Å²) in [5, 5.41) is 12.5. The van der Waals surface area contributed by atoms with Gasteiger partial charge in [-0.15, -0.1) is 11.8 Å². The molecule has 102 valence electrons. The Kier molecular flexibility index (Phi) is 3.40. The highest BCUT2D eigenvalue weighted by Crippen LogP contribution is 2.36. The topological polar surface area (TPSA) is 78.4 Å². The van der Waals surface area contributed by atoms with Gasteiger partial charge in [0.2, 0.25) is 5.28 Å². The number of amides is 1. The number of likely N-dealkylation sites (tertiary alicyclic amines) is 1. The van der Waals surface area contributed by atoms with Gasteiger partial charge in [-0.1, -0.05) is 0 Å². The first-order valence-corrected chi connectivity index (χ1v) is 7.43. The number of rotatable bonds is 2. The van der Waals surface area contributed by atoms with E-state index in [0.29, 0.717) is 13.1 Å². The summed E-state index contributed by atoms with van der Waals surface area (Å²) in [6, 6.07) is 0.0902. The number of aryl methyl sites for hydroxylation is 1. The van der Waals surface area contributed by atoms with E-state index in [1.165, 1.54) is 4.90 Å². The molecule has 3 heterocycles. The molecule has 0 saturated carbocycles. The summed E-state index contributed by atoms with van der Waals surface area (Å²) >= 11 is 7.63. The van der Waals surface area contributed by atoms with Crippen LogP contribution in [0, 0.1) is 0 Å². The number of anilines is 1. The molecule has 1 fully saturated rings. The molecule has 1 atom stereocenters. The highest BCUT2D eigenvalue weighted by atomic mass is 35.5. The summed E-state index contributed by atoms with van der Waals surface area (Å²) in [4.78, 5) is 21.8. The van der Waals surface area contributed by atoms with Crippen LogP contribution in [0.15, 0.2) is 4.90 Å². The van der Waals surface area contributed by atoms with Crippen LogP contribution in [0.4, 0.5) is 10.6 Å². The molecular formula is C11H13ClN4O2S. The number of aromatic nitrogens is 2. The third-order valence-corrected chi connectivity index (χ3v) is 4.59. The fraction of sp³-hybridized carbons (Fsp3) is 0.545. The van der Waals surface area contributed by atoms with Crippen LogP contribution in [-0.2, 0) is 6.42 Å². The van der Waals surface area contributed by atoms with Gasteiger partial charge in [-0.05, 0) is 18.0 Å². The van der Waals surface area contributed by atoms with E-state index in [2.05, 4.69) is 15.3 Å². The Morgan fingerprint density at radius 3 is 3.11 bits per heavy atom. The van der Waals surface area contributed by atoms with E-state index in [0.717, 1.165) is 35.0 Å². The molecule has 1 saturated heterocycles. The average Bonchev–Trinajstić information content (AvgIpc) is 2.96. The van der Waals surface area contributed by atoms with Gasteiger partial charge >= 0.3 is 6.09 Å². The number of carboxylic acid groups (broad SMARTS) is 1. The molecule has 0 aliphatic carbocycles. The summed E-state index contributed by atoms with van der Waals surface area (Å²) in [6.07, 6.45) is 0.820. The number of fused-ring (bicyclic) bond motifs is 1. The first-order valence-electron chi connectivity index (χ1n) is 6.07. The van der Waals surface area contributed by atoms with Crippen molar-refractivity contribution in [3.8, 4) is 0 Å². The lowest BCUT2D eigenvalue weighted by Gasteiger charge is -2.16. The van der Waals surface area contributed by atoms with Crippen LogP contribution in [0.1, 0.15) is 12.1 Å². The number of nitrogens with one attached hydrogen (secondary N) is 1. The van der Waals surface area contributed by atoms with Crippen molar-refractivity contribution in [1.82, 2.24) is 14.9 Å². The zero-order valence-electron chi connectivity index (χ0n) is 10.1. The van der Waals surface area contributed by atoms with Gasteiger partial charge in [-0.2, -0.15) is 4.98 Å². The van der Waals surface area contributed by atoms with Crippen molar-refractivity contribution in [2.75, 3.05) is 24.2 Å². The quantitative estimate of drug-likeness (QED) is 0.813. The third-order valence-electron chi connectivity index (χ3n) is 3.29. The Morgan fingerprint density at radius 2 is 2.37 bits per heavy atom. The van der Waals surface area contributed by atoms with E-state index in [-0.39, 0.29) is 11.3 Å². The third kappa shape index (κ3) is 2.57. The van der Waals surface area contributed by atoms with E-state index in [4.69, 9.17) is 16.7 Å². The molecule has 0 bridgehead atoms. The molecule has 1 aromatic heterocycles. The van der Waals surface area contributed by atoms with E-state index < -0.39 is 6.09 Å². The van der Waals surface area contributed by atoms with Gasteiger partial charge in [0.1, 0.15) is 5.82 Å². The molecule has 0 aromatic carbocycles. The van der Waals surface area contributed by atoms with Crippen molar-refractivity contribution in [1.29, 1.82) is 0 Å². The van der Waals surface area contributed by atoms with E-state index in [9.17, 15) is 4.79 Å². The van der Waals surface area contributed by atoms with Crippen molar-refractivity contribution in [3.05, 3.63) is 11.0 Å². The zero-order chi connectivity index (χ0) is 13.4. The van der Waals surface area contributed by atoms with Crippen LogP contribution < -0.4 is 5.32 Å². The normalized spacial score (nSPS) is 21.5. The zero-order valence-corrected chi connectivity index (χ0v) is 11.7. The van der Waals surface area contributed by atoms with Gasteiger partial charge in [0.05, 0.1) is 10.6 Å². The second-order valence-electron chi connectivity index (χ2n) is 4.57. The average molecular weight is 301 g/mol. The largest absolute Gasteiger partial charge is 0.465 e. The predicted molar refractivity (Wildman–Crippen MR) is 73.1 cm³/mol. The molecular weight excluding hydrogens is 288 g/mol. The fourth-order valence-corrected chi connectivity index (χ4v) is 3.62. The van der Waals surface area contributed by atoms with E-state index in [1.54, 1.807) is 11.8 Å².